The van der Waals surface area contributed by atoms with Gasteiger partial charge >= 0.3 is 0 Å². The molecule has 2 aliphatic rings. The summed E-state index contributed by atoms with van der Waals surface area (Å²) in [5, 5.41) is 11.9. The van der Waals surface area contributed by atoms with Gasteiger partial charge in [-0.15, -0.1) is 0 Å². The van der Waals surface area contributed by atoms with E-state index in [4.69, 9.17) is 10.00 Å². The molecular formula is C24H25N3O3. The van der Waals surface area contributed by atoms with E-state index < -0.39 is 0 Å². The molecule has 0 atom stereocenters. The molecule has 0 radical (unpaired) electrons. The van der Waals surface area contributed by atoms with Gasteiger partial charge in [0.15, 0.2) is 0 Å². The Morgan fingerprint density at radius 3 is 2.20 bits per heavy atom. The number of amides is 2. The van der Waals surface area contributed by atoms with Gasteiger partial charge in [0.2, 0.25) is 0 Å². The number of nitriles is 1. The number of likely N-dealkylation sites (tertiary alicyclic amines) is 1. The van der Waals surface area contributed by atoms with Crippen molar-refractivity contribution in [1.29, 1.82) is 5.26 Å². The van der Waals surface area contributed by atoms with Crippen LogP contribution in [0.3, 0.4) is 0 Å². The first-order valence-corrected chi connectivity index (χ1v) is 10.5. The van der Waals surface area contributed by atoms with Gasteiger partial charge in [-0.1, -0.05) is 0 Å². The average Bonchev–Trinajstić information content (AvgIpc) is 3.62. The molecule has 2 amide bonds. The van der Waals surface area contributed by atoms with Gasteiger partial charge in [-0.2, -0.15) is 5.26 Å². The van der Waals surface area contributed by atoms with Crippen LogP contribution in [0.1, 0.15) is 52.0 Å². The fraction of sp³-hybridized carbons (Fsp3) is 0.375. The van der Waals surface area contributed by atoms with Crippen LogP contribution in [0, 0.1) is 17.2 Å². The standard InChI is InChI=1S/C24H25N3O3/c25-15-17-1-3-20(4-2-17)24(29)27-13-11-18(12-14-27)16-30-22-9-5-19(6-10-22)23(28)26-21-7-8-21/h1-6,9-10,18,21H,7-8,11-14,16H2,(H,26,28). The molecule has 2 aromatic carbocycles. The van der Waals surface area contributed by atoms with Crippen molar-refractivity contribution in [2.45, 2.75) is 31.7 Å². The largest absolute Gasteiger partial charge is 0.493 e. The zero-order valence-electron chi connectivity index (χ0n) is 16.8. The van der Waals surface area contributed by atoms with Crippen LogP contribution in [0.4, 0.5) is 0 Å². The summed E-state index contributed by atoms with van der Waals surface area (Å²) in [6, 6.07) is 16.5. The monoisotopic (exact) mass is 403 g/mol. The van der Waals surface area contributed by atoms with Gasteiger partial charge in [-0.3, -0.25) is 9.59 Å². The lowest BCUT2D eigenvalue weighted by Gasteiger charge is -2.32. The Hall–Kier alpha value is -3.33. The quantitative estimate of drug-likeness (QED) is 0.802. The normalized spacial score (nSPS) is 16.6. The third-order valence-corrected chi connectivity index (χ3v) is 5.68. The van der Waals surface area contributed by atoms with Gasteiger partial charge in [0.1, 0.15) is 5.75 Å². The second-order valence-corrected chi connectivity index (χ2v) is 8.01. The Kier molecular flexibility index (Phi) is 5.99. The van der Waals surface area contributed by atoms with Crippen LogP contribution >= 0.6 is 0 Å². The molecule has 1 aliphatic carbocycles. The minimum absolute atomic E-state index is 0.0129. The van der Waals surface area contributed by atoms with E-state index in [1.54, 1.807) is 36.4 Å². The summed E-state index contributed by atoms with van der Waals surface area (Å²) in [6.45, 7) is 2.01. The van der Waals surface area contributed by atoms with E-state index in [2.05, 4.69) is 11.4 Å². The smallest absolute Gasteiger partial charge is 0.253 e. The molecule has 4 rings (SSSR count). The van der Waals surface area contributed by atoms with Crippen molar-refractivity contribution >= 4 is 11.8 Å². The summed E-state index contributed by atoms with van der Waals surface area (Å²) in [5.74, 6) is 1.14. The lowest BCUT2D eigenvalue weighted by molar-refractivity contribution is 0.0660. The zero-order chi connectivity index (χ0) is 20.9. The van der Waals surface area contributed by atoms with Crippen LogP contribution in [0.5, 0.6) is 5.75 Å². The van der Waals surface area contributed by atoms with E-state index in [1.807, 2.05) is 17.0 Å². The minimum atomic E-state index is -0.0247. The van der Waals surface area contributed by atoms with Gasteiger partial charge in [0, 0.05) is 30.3 Å². The number of benzene rings is 2. The summed E-state index contributed by atoms with van der Waals surface area (Å²) >= 11 is 0. The first kappa shape index (κ1) is 20.0. The maximum Gasteiger partial charge on any atom is 0.253 e. The Balaban J connectivity index is 1.22. The van der Waals surface area contributed by atoms with Crippen molar-refractivity contribution in [2.75, 3.05) is 19.7 Å². The van der Waals surface area contributed by atoms with Crippen LogP contribution in [0.25, 0.3) is 0 Å². The highest BCUT2D eigenvalue weighted by Crippen LogP contribution is 2.22. The minimum Gasteiger partial charge on any atom is -0.493 e. The number of hydrogen-bond acceptors (Lipinski definition) is 4. The lowest BCUT2D eigenvalue weighted by atomic mass is 9.97. The van der Waals surface area contributed by atoms with Crippen molar-refractivity contribution in [2.24, 2.45) is 5.92 Å². The zero-order valence-corrected chi connectivity index (χ0v) is 16.8. The van der Waals surface area contributed by atoms with Crippen molar-refractivity contribution in [3.63, 3.8) is 0 Å². The molecule has 154 valence electrons. The molecule has 6 nitrogen and oxygen atoms in total. The second kappa shape index (κ2) is 9.00. The van der Waals surface area contributed by atoms with Gasteiger partial charge in [-0.05, 0) is 80.1 Å². The molecule has 1 heterocycles. The first-order chi connectivity index (χ1) is 14.6. The molecule has 2 aromatic rings. The van der Waals surface area contributed by atoms with E-state index >= 15 is 0 Å². The highest BCUT2D eigenvalue weighted by Gasteiger charge is 2.25. The SMILES string of the molecule is N#Cc1ccc(C(=O)N2CCC(COc3ccc(C(=O)NC4CC4)cc3)CC2)cc1. The maximum absolute atomic E-state index is 12.6. The summed E-state index contributed by atoms with van der Waals surface area (Å²) < 4.78 is 5.91. The van der Waals surface area contributed by atoms with E-state index in [1.165, 1.54) is 0 Å². The van der Waals surface area contributed by atoms with Crippen LogP contribution in [0.2, 0.25) is 0 Å². The van der Waals surface area contributed by atoms with Crippen molar-refractivity contribution in [1.82, 2.24) is 10.2 Å². The number of nitrogens with one attached hydrogen (secondary N) is 1. The molecule has 0 spiro atoms. The van der Waals surface area contributed by atoms with Crippen LogP contribution < -0.4 is 10.1 Å². The molecule has 1 N–H and O–H groups in total. The average molecular weight is 403 g/mol. The fourth-order valence-corrected chi connectivity index (χ4v) is 3.59. The van der Waals surface area contributed by atoms with E-state index in [9.17, 15) is 9.59 Å². The molecule has 1 saturated heterocycles. The van der Waals surface area contributed by atoms with Crippen molar-refractivity contribution < 1.29 is 14.3 Å². The Labute approximate surface area is 176 Å². The van der Waals surface area contributed by atoms with Crippen molar-refractivity contribution in [3.05, 3.63) is 65.2 Å². The predicted molar refractivity (Wildman–Crippen MR) is 112 cm³/mol. The van der Waals surface area contributed by atoms with E-state index in [0.29, 0.717) is 48.3 Å². The number of carbonyl (C=O) groups excluding carboxylic acids is 2. The Morgan fingerprint density at radius 1 is 0.967 bits per heavy atom. The number of hydrogen-bond donors (Lipinski definition) is 1. The summed E-state index contributed by atoms with van der Waals surface area (Å²) in [5.41, 5.74) is 1.83. The summed E-state index contributed by atoms with van der Waals surface area (Å²) in [4.78, 5) is 26.5. The van der Waals surface area contributed by atoms with Crippen LogP contribution in [-0.4, -0.2) is 42.5 Å². The fourth-order valence-electron chi connectivity index (χ4n) is 3.59. The number of nitrogens with zero attached hydrogens (tertiary/aromatic N) is 2. The number of ether oxygens (including phenoxy) is 1. The molecule has 30 heavy (non-hydrogen) atoms. The molecular weight excluding hydrogens is 378 g/mol. The third kappa shape index (κ3) is 4.98. The molecule has 0 bridgehead atoms. The number of rotatable bonds is 6. The van der Waals surface area contributed by atoms with Gasteiger partial charge in [0.25, 0.3) is 11.8 Å². The Bertz CT molecular complexity index is 935. The van der Waals surface area contributed by atoms with Gasteiger partial charge in [-0.25, -0.2) is 0 Å². The van der Waals surface area contributed by atoms with Gasteiger partial charge in [0.05, 0.1) is 18.2 Å². The highest BCUT2D eigenvalue weighted by atomic mass is 16.5. The van der Waals surface area contributed by atoms with Crippen LogP contribution in [0.15, 0.2) is 48.5 Å². The topological polar surface area (TPSA) is 82.4 Å². The molecule has 0 aromatic heterocycles. The van der Waals surface area contributed by atoms with E-state index in [-0.39, 0.29) is 11.8 Å². The van der Waals surface area contributed by atoms with E-state index in [0.717, 1.165) is 31.4 Å². The Morgan fingerprint density at radius 2 is 1.60 bits per heavy atom. The summed E-state index contributed by atoms with van der Waals surface area (Å²) in [6.07, 6.45) is 3.93. The maximum atomic E-state index is 12.6. The molecule has 1 saturated carbocycles. The lowest BCUT2D eigenvalue weighted by Crippen LogP contribution is -2.39. The molecule has 1 aliphatic heterocycles. The summed E-state index contributed by atoms with van der Waals surface area (Å²) in [7, 11) is 0. The molecule has 0 unspecified atom stereocenters. The van der Waals surface area contributed by atoms with Crippen molar-refractivity contribution in [3.8, 4) is 11.8 Å². The van der Waals surface area contributed by atoms with Gasteiger partial charge < -0.3 is 15.0 Å². The second-order valence-electron chi connectivity index (χ2n) is 8.01. The predicted octanol–water partition coefficient (Wildman–Crippen LogP) is 3.38. The highest BCUT2D eigenvalue weighted by molar-refractivity contribution is 5.95. The first-order valence-electron chi connectivity index (χ1n) is 10.5. The molecule has 6 heteroatoms. The van der Waals surface area contributed by atoms with Crippen LogP contribution in [-0.2, 0) is 0 Å². The third-order valence-electron chi connectivity index (χ3n) is 5.68. The molecule has 2 fully saturated rings. The number of piperidine rings is 1. The number of carbonyl (C=O) groups is 2.